The Kier molecular flexibility index (Phi) is 4.63. The summed E-state index contributed by atoms with van der Waals surface area (Å²) in [6, 6.07) is 5.08. The molecule has 1 aromatic carbocycles. The number of anilines is 1. The van der Waals surface area contributed by atoms with Gasteiger partial charge >= 0.3 is 5.97 Å². The molecule has 1 aromatic rings. The Morgan fingerprint density at radius 1 is 1.42 bits per heavy atom. The number of rotatable bonds is 4. The Balaban J connectivity index is 2.07. The van der Waals surface area contributed by atoms with E-state index in [1.165, 1.54) is 7.11 Å². The molecule has 1 aliphatic heterocycles. The monoisotopic (exact) mass is 265 g/mol. The van der Waals surface area contributed by atoms with Crippen molar-refractivity contribution in [1.29, 1.82) is 0 Å². The highest BCUT2D eigenvalue weighted by atomic mass is 16.5. The summed E-state index contributed by atoms with van der Waals surface area (Å²) in [7, 11) is 1.34. The second-order valence-corrected chi connectivity index (χ2v) is 4.58. The molecule has 0 aromatic heterocycles. The van der Waals surface area contributed by atoms with Crippen LogP contribution in [0, 0.1) is 5.92 Å². The predicted octanol–water partition coefficient (Wildman–Crippen LogP) is 1.86. The van der Waals surface area contributed by atoms with E-state index in [1.54, 1.807) is 18.2 Å². The molecule has 5 heteroatoms. The molecule has 0 atom stereocenters. The first-order valence-electron chi connectivity index (χ1n) is 6.39. The third-order valence-corrected chi connectivity index (χ3v) is 3.26. The normalized spacial score (nSPS) is 16.1. The molecule has 5 nitrogen and oxygen atoms in total. The highest BCUT2D eigenvalue weighted by molar-refractivity contribution is 5.94. The maximum atomic E-state index is 11.7. The lowest BCUT2D eigenvalue weighted by atomic mass is 10.0. The molecule has 2 N–H and O–H groups in total. The maximum Gasteiger partial charge on any atom is 0.341 e. The molecule has 1 aliphatic rings. The average molecular weight is 265 g/mol. The Morgan fingerprint density at radius 2 is 2.16 bits per heavy atom. The van der Waals surface area contributed by atoms with E-state index < -0.39 is 5.97 Å². The van der Waals surface area contributed by atoms with Gasteiger partial charge in [-0.1, -0.05) is 6.07 Å². The minimum Gasteiger partial charge on any atom is -0.490 e. The lowest BCUT2D eigenvalue weighted by Gasteiger charge is -2.23. The summed E-state index contributed by atoms with van der Waals surface area (Å²) >= 11 is 0. The minimum atomic E-state index is -0.436. The summed E-state index contributed by atoms with van der Waals surface area (Å²) < 4.78 is 15.8. The van der Waals surface area contributed by atoms with Crippen LogP contribution in [0.15, 0.2) is 18.2 Å². The molecule has 0 spiro atoms. The van der Waals surface area contributed by atoms with Crippen molar-refractivity contribution in [2.24, 2.45) is 5.92 Å². The first-order valence-corrected chi connectivity index (χ1v) is 6.39. The first kappa shape index (κ1) is 13.7. The second kappa shape index (κ2) is 6.43. The van der Waals surface area contributed by atoms with Gasteiger partial charge in [0.2, 0.25) is 0 Å². The quantitative estimate of drug-likeness (QED) is 0.664. The van der Waals surface area contributed by atoms with Crippen LogP contribution < -0.4 is 10.5 Å². The molecule has 0 aliphatic carbocycles. The number of ether oxygens (including phenoxy) is 3. The third kappa shape index (κ3) is 3.38. The van der Waals surface area contributed by atoms with Crippen molar-refractivity contribution in [2.75, 3.05) is 32.7 Å². The van der Waals surface area contributed by atoms with Crippen LogP contribution in [0.5, 0.6) is 5.75 Å². The van der Waals surface area contributed by atoms with Gasteiger partial charge in [0, 0.05) is 13.2 Å². The van der Waals surface area contributed by atoms with Gasteiger partial charge in [0.15, 0.2) is 5.75 Å². The summed E-state index contributed by atoms with van der Waals surface area (Å²) in [5.74, 6) is 0.425. The summed E-state index contributed by atoms with van der Waals surface area (Å²) in [6.45, 7) is 2.08. The molecule has 2 rings (SSSR count). The Labute approximate surface area is 112 Å². The fourth-order valence-corrected chi connectivity index (χ4v) is 2.10. The molecule has 0 unspecified atom stereocenters. The van der Waals surface area contributed by atoms with E-state index >= 15 is 0 Å². The van der Waals surface area contributed by atoms with E-state index in [9.17, 15) is 4.79 Å². The summed E-state index contributed by atoms with van der Waals surface area (Å²) in [4.78, 5) is 11.7. The van der Waals surface area contributed by atoms with Crippen molar-refractivity contribution in [3.8, 4) is 5.75 Å². The van der Waals surface area contributed by atoms with Crippen LogP contribution in [0.3, 0.4) is 0 Å². The maximum absolute atomic E-state index is 11.7. The van der Waals surface area contributed by atoms with Gasteiger partial charge in [0.1, 0.15) is 5.56 Å². The molecular weight excluding hydrogens is 246 g/mol. The summed E-state index contributed by atoms with van der Waals surface area (Å²) in [5.41, 5.74) is 6.70. The number of carbonyl (C=O) groups excluding carboxylic acids is 1. The van der Waals surface area contributed by atoms with Crippen molar-refractivity contribution in [2.45, 2.75) is 12.8 Å². The van der Waals surface area contributed by atoms with Gasteiger partial charge in [-0.05, 0) is 30.9 Å². The van der Waals surface area contributed by atoms with Gasteiger partial charge in [-0.3, -0.25) is 0 Å². The van der Waals surface area contributed by atoms with Crippen LogP contribution in [0.25, 0.3) is 0 Å². The zero-order valence-corrected chi connectivity index (χ0v) is 11.1. The standard InChI is InChI=1S/C14H19NO4/c1-17-14(16)11-3-2-4-12(15)13(11)19-9-10-5-7-18-8-6-10/h2-4,10H,5-9,15H2,1H3. The van der Waals surface area contributed by atoms with Gasteiger partial charge < -0.3 is 19.9 Å². The fraction of sp³-hybridized carbons (Fsp3) is 0.500. The van der Waals surface area contributed by atoms with Crippen molar-refractivity contribution in [3.05, 3.63) is 23.8 Å². The van der Waals surface area contributed by atoms with Crippen LogP contribution >= 0.6 is 0 Å². The van der Waals surface area contributed by atoms with Gasteiger partial charge in [-0.25, -0.2) is 4.79 Å². The van der Waals surface area contributed by atoms with E-state index in [-0.39, 0.29) is 0 Å². The van der Waals surface area contributed by atoms with Crippen LogP contribution in [-0.4, -0.2) is 32.9 Å². The van der Waals surface area contributed by atoms with E-state index in [4.69, 9.17) is 19.9 Å². The van der Waals surface area contributed by atoms with Crippen molar-refractivity contribution < 1.29 is 19.0 Å². The average Bonchev–Trinajstić information content (AvgIpc) is 2.46. The van der Waals surface area contributed by atoms with E-state index in [1.807, 2.05) is 0 Å². The van der Waals surface area contributed by atoms with Crippen molar-refractivity contribution in [3.63, 3.8) is 0 Å². The van der Waals surface area contributed by atoms with Crippen LogP contribution in [0.4, 0.5) is 5.69 Å². The predicted molar refractivity (Wildman–Crippen MR) is 71.2 cm³/mol. The zero-order chi connectivity index (χ0) is 13.7. The number of benzene rings is 1. The molecule has 1 saturated heterocycles. The van der Waals surface area contributed by atoms with Gasteiger partial charge in [-0.15, -0.1) is 0 Å². The van der Waals surface area contributed by atoms with Crippen molar-refractivity contribution in [1.82, 2.24) is 0 Å². The molecule has 1 fully saturated rings. The first-order chi connectivity index (χ1) is 9.22. The Morgan fingerprint density at radius 3 is 2.84 bits per heavy atom. The van der Waals surface area contributed by atoms with Crippen LogP contribution in [0.1, 0.15) is 23.2 Å². The lowest BCUT2D eigenvalue weighted by Crippen LogP contribution is -2.22. The van der Waals surface area contributed by atoms with Crippen LogP contribution in [0.2, 0.25) is 0 Å². The fourth-order valence-electron chi connectivity index (χ4n) is 2.10. The Bertz CT molecular complexity index is 441. The van der Waals surface area contributed by atoms with E-state index in [2.05, 4.69) is 0 Å². The number of carbonyl (C=O) groups is 1. The summed E-state index contributed by atoms with van der Waals surface area (Å²) in [5, 5.41) is 0. The minimum absolute atomic E-state index is 0.370. The highest BCUT2D eigenvalue weighted by Crippen LogP contribution is 2.28. The topological polar surface area (TPSA) is 70.8 Å². The molecule has 0 saturated carbocycles. The molecular formula is C14H19NO4. The molecule has 0 bridgehead atoms. The molecule has 0 radical (unpaired) electrons. The number of para-hydroxylation sites is 1. The molecule has 104 valence electrons. The SMILES string of the molecule is COC(=O)c1cccc(N)c1OCC1CCOCC1. The molecule has 1 heterocycles. The largest absolute Gasteiger partial charge is 0.490 e. The lowest BCUT2D eigenvalue weighted by molar-refractivity contribution is 0.0485. The number of methoxy groups -OCH3 is 1. The number of hydrogen-bond acceptors (Lipinski definition) is 5. The second-order valence-electron chi connectivity index (χ2n) is 4.58. The van der Waals surface area contributed by atoms with Gasteiger partial charge in [0.05, 0.1) is 19.4 Å². The Hall–Kier alpha value is -1.75. The third-order valence-electron chi connectivity index (χ3n) is 3.26. The van der Waals surface area contributed by atoms with Crippen molar-refractivity contribution >= 4 is 11.7 Å². The molecule has 0 amide bonds. The smallest absolute Gasteiger partial charge is 0.341 e. The van der Waals surface area contributed by atoms with E-state index in [0.717, 1.165) is 26.1 Å². The van der Waals surface area contributed by atoms with Crippen LogP contribution in [-0.2, 0) is 9.47 Å². The van der Waals surface area contributed by atoms with Gasteiger partial charge in [-0.2, -0.15) is 0 Å². The summed E-state index contributed by atoms with van der Waals surface area (Å²) in [6.07, 6.45) is 1.95. The number of esters is 1. The van der Waals surface area contributed by atoms with E-state index in [0.29, 0.717) is 29.5 Å². The number of nitrogens with two attached hydrogens (primary N) is 1. The zero-order valence-electron chi connectivity index (χ0n) is 11.1. The highest BCUT2D eigenvalue weighted by Gasteiger charge is 2.19. The molecule has 19 heavy (non-hydrogen) atoms. The number of nitrogen functional groups attached to an aromatic ring is 1. The van der Waals surface area contributed by atoms with Gasteiger partial charge in [0.25, 0.3) is 0 Å². The number of hydrogen-bond donors (Lipinski definition) is 1.